The van der Waals surface area contributed by atoms with Crippen molar-refractivity contribution in [2.75, 3.05) is 19.7 Å². The molecule has 9 nitrogen and oxygen atoms in total. The van der Waals surface area contributed by atoms with Gasteiger partial charge in [-0.05, 0) is 54.9 Å². The van der Waals surface area contributed by atoms with E-state index in [0.717, 1.165) is 0 Å². The molecule has 1 amide bonds. The van der Waals surface area contributed by atoms with Gasteiger partial charge in [-0.25, -0.2) is 0 Å². The first kappa shape index (κ1) is 28.9. The lowest BCUT2D eigenvalue weighted by molar-refractivity contribution is -0.465. The van der Waals surface area contributed by atoms with E-state index < -0.39 is 69.2 Å². The molecular weight excluding hydrogens is 550 g/mol. The lowest BCUT2D eigenvalue weighted by atomic mass is 9.21. The molecule has 8 aliphatic rings. The molecule has 2 spiro atoms. The van der Waals surface area contributed by atoms with E-state index in [4.69, 9.17) is 9.47 Å². The molecule has 2 bridgehead atoms. The van der Waals surface area contributed by atoms with Crippen molar-refractivity contribution in [2.45, 2.75) is 69.9 Å². The number of piperidine rings is 1. The Balaban J connectivity index is 1.17. The van der Waals surface area contributed by atoms with Crippen LogP contribution in [0.15, 0.2) is 49.1 Å². The minimum Gasteiger partial charge on any atom is -0.446 e. The number of carbonyl (C=O) groups is 4. The van der Waals surface area contributed by atoms with Crippen LogP contribution in [-0.2, 0) is 28.7 Å². The Morgan fingerprint density at radius 3 is 2.44 bits per heavy atom. The van der Waals surface area contributed by atoms with E-state index in [1.54, 1.807) is 11.0 Å². The Morgan fingerprint density at radius 2 is 1.79 bits per heavy atom. The van der Waals surface area contributed by atoms with Crippen LogP contribution in [0.3, 0.4) is 0 Å². The molecule has 8 fully saturated rings. The number of fused-ring (bicyclic) bond motifs is 1. The lowest BCUT2D eigenvalue weighted by Gasteiger charge is -2.84. The van der Waals surface area contributed by atoms with E-state index >= 15 is 0 Å². The number of carbonyl (C=O) groups excluding carboxylic acids is 4. The van der Waals surface area contributed by atoms with Gasteiger partial charge in [0.15, 0.2) is 11.4 Å². The number of nitrogens with zero attached hydrogens (tertiary/aromatic N) is 1. The molecule has 2 N–H and O–H groups in total. The first-order valence-corrected chi connectivity index (χ1v) is 15.6. The summed E-state index contributed by atoms with van der Waals surface area (Å²) in [6, 6.07) is 0. The standard InChI is InChI=1S/C34H41NO8/c1-6-8-19(7-2)27(38)35-15-12-20(13-16-35)28(39)43-33-18(3)21-9-10-22-31-17-42-34(41,32(22,24(21)33)29(33)40)26(37)25(31)30(4,5)14-11-23(31)36/h6-8,20-22,24-26,37,41H,1-3,9-17H2,4-5H3. The second kappa shape index (κ2) is 8.86. The van der Waals surface area contributed by atoms with Gasteiger partial charge in [-0.2, -0.15) is 0 Å². The Morgan fingerprint density at radius 1 is 1.09 bits per heavy atom. The van der Waals surface area contributed by atoms with Gasteiger partial charge in [0, 0.05) is 36.9 Å². The molecule has 3 aliphatic heterocycles. The van der Waals surface area contributed by atoms with Crippen LogP contribution in [0, 0.1) is 45.8 Å². The zero-order chi connectivity index (χ0) is 30.9. The van der Waals surface area contributed by atoms with Gasteiger partial charge < -0.3 is 24.6 Å². The van der Waals surface area contributed by atoms with E-state index in [0.29, 0.717) is 62.8 Å². The number of Topliss-reactive ketones (excluding diaryl/α,β-unsaturated/α-hetero) is 2. The number of rotatable bonds is 5. The second-order valence-corrected chi connectivity index (χ2v) is 14.6. The highest BCUT2D eigenvalue weighted by molar-refractivity contribution is 6.10. The molecule has 5 saturated carbocycles. The van der Waals surface area contributed by atoms with Crippen molar-refractivity contribution in [1.82, 2.24) is 4.90 Å². The predicted octanol–water partition coefficient (Wildman–Crippen LogP) is 2.67. The molecular formula is C34H41NO8. The topological polar surface area (TPSA) is 130 Å². The number of aliphatic hydroxyl groups excluding tert-OH is 1. The number of likely N-dealkylation sites (tertiary alicyclic amines) is 1. The average Bonchev–Trinajstić information content (AvgIpc) is 2.99. The van der Waals surface area contributed by atoms with Crippen molar-refractivity contribution in [3.63, 3.8) is 0 Å². The molecule has 3 heterocycles. The van der Waals surface area contributed by atoms with Crippen LogP contribution < -0.4 is 0 Å². The van der Waals surface area contributed by atoms with Crippen LogP contribution in [0.4, 0.5) is 0 Å². The molecule has 8 rings (SSSR count). The Hall–Kier alpha value is -2.88. The van der Waals surface area contributed by atoms with Crippen LogP contribution in [0.25, 0.3) is 0 Å². The van der Waals surface area contributed by atoms with Crippen molar-refractivity contribution in [2.24, 2.45) is 45.8 Å². The summed E-state index contributed by atoms with van der Waals surface area (Å²) in [5.74, 6) is -5.75. The molecule has 43 heavy (non-hydrogen) atoms. The zero-order valence-electron chi connectivity index (χ0n) is 25.0. The van der Waals surface area contributed by atoms with Crippen LogP contribution >= 0.6 is 0 Å². The highest BCUT2D eigenvalue weighted by Gasteiger charge is 2.97. The molecule has 3 saturated heterocycles. The smallest absolute Gasteiger partial charge is 0.310 e. The zero-order valence-corrected chi connectivity index (χ0v) is 25.0. The van der Waals surface area contributed by atoms with Crippen LogP contribution in [0.2, 0.25) is 0 Å². The number of ether oxygens (including phenoxy) is 2. The molecule has 0 radical (unpaired) electrons. The SMILES string of the molecule is C=CC=C(C=C)C(=O)N1CCC(C(=O)OC23C(=C)C4CCC5C67COC(O)(C(O)C6C(C)(C)CCC7=O)C5(C2=O)C43)CC1. The third kappa shape index (κ3) is 3.00. The number of amides is 1. The van der Waals surface area contributed by atoms with E-state index in [1.807, 2.05) is 13.8 Å². The van der Waals surface area contributed by atoms with Gasteiger partial charge in [-0.15, -0.1) is 0 Å². The van der Waals surface area contributed by atoms with E-state index in [1.165, 1.54) is 12.2 Å². The van der Waals surface area contributed by atoms with E-state index in [-0.39, 0.29) is 24.2 Å². The number of esters is 1. The summed E-state index contributed by atoms with van der Waals surface area (Å²) in [7, 11) is 0. The molecule has 9 heteroatoms. The van der Waals surface area contributed by atoms with Crippen LogP contribution in [-0.4, -0.2) is 75.7 Å². The quantitative estimate of drug-likeness (QED) is 0.216. The molecule has 0 aromatic heterocycles. The maximum absolute atomic E-state index is 14.7. The van der Waals surface area contributed by atoms with Crippen molar-refractivity contribution < 1.29 is 38.9 Å². The summed E-state index contributed by atoms with van der Waals surface area (Å²) in [6.45, 7) is 16.2. The van der Waals surface area contributed by atoms with Crippen molar-refractivity contribution in [3.8, 4) is 0 Å². The number of hydrogen-bond donors (Lipinski definition) is 2. The lowest BCUT2D eigenvalue weighted by Crippen LogP contribution is -2.97. The minimum absolute atomic E-state index is 0.00949. The highest BCUT2D eigenvalue weighted by Crippen LogP contribution is 2.85. The fourth-order valence-corrected chi connectivity index (χ4v) is 11.0. The van der Waals surface area contributed by atoms with Crippen molar-refractivity contribution in [3.05, 3.63) is 49.1 Å². The third-order valence-corrected chi connectivity index (χ3v) is 12.8. The van der Waals surface area contributed by atoms with Crippen molar-refractivity contribution in [1.29, 1.82) is 0 Å². The molecule has 9 atom stereocenters. The Kier molecular flexibility index (Phi) is 5.94. The Labute approximate surface area is 251 Å². The minimum atomic E-state index is -2.18. The van der Waals surface area contributed by atoms with Gasteiger partial charge in [0.05, 0.1) is 17.9 Å². The number of hydrogen-bond acceptors (Lipinski definition) is 8. The predicted molar refractivity (Wildman–Crippen MR) is 154 cm³/mol. The molecule has 5 aliphatic carbocycles. The largest absolute Gasteiger partial charge is 0.446 e. The maximum atomic E-state index is 14.7. The monoisotopic (exact) mass is 591 g/mol. The molecule has 9 unspecified atom stereocenters. The third-order valence-electron chi connectivity index (χ3n) is 12.8. The van der Waals surface area contributed by atoms with Gasteiger partial charge in [0.2, 0.25) is 5.79 Å². The first-order chi connectivity index (χ1) is 20.3. The summed E-state index contributed by atoms with van der Waals surface area (Å²) >= 11 is 0. The van der Waals surface area contributed by atoms with Gasteiger partial charge in [-0.1, -0.05) is 51.8 Å². The molecule has 0 aromatic rings. The summed E-state index contributed by atoms with van der Waals surface area (Å²) in [4.78, 5) is 56.6. The van der Waals surface area contributed by atoms with Crippen LogP contribution in [0.1, 0.15) is 52.4 Å². The number of aliphatic hydroxyl groups is 2. The summed E-state index contributed by atoms with van der Waals surface area (Å²) in [5.41, 5.74) is -3.69. The maximum Gasteiger partial charge on any atom is 0.310 e. The van der Waals surface area contributed by atoms with Gasteiger partial charge in [0.1, 0.15) is 17.3 Å². The fourth-order valence-electron chi connectivity index (χ4n) is 11.0. The van der Waals surface area contributed by atoms with E-state index in [2.05, 4.69) is 19.7 Å². The van der Waals surface area contributed by atoms with Crippen molar-refractivity contribution >= 4 is 23.4 Å². The average molecular weight is 592 g/mol. The fraction of sp³-hybridized carbons (Fsp3) is 0.647. The van der Waals surface area contributed by atoms with Gasteiger partial charge in [-0.3, -0.25) is 19.2 Å². The first-order valence-electron chi connectivity index (χ1n) is 15.6. The second-order valence-electron chi connectivity index (χ2n) is 14.6. The number of allylic oxidation sites excluding steroid dienone is 2. The molecule has 0 aromatic carbocycles. The van der Waals surface area contributed by atoms with E-state index in [9.17, 15) is 29.4 Å². The summed E-state index contributed by atoms with van der Waals surface area (Å²) in [6.07, 6.45) is 6.05. The highest BCUT2D eigenvalue weighted by atomic mass is 16.6. The Bertz CT molecular complexity index is 1420. The summed E-state index contributed by atoms with van der Waals surface area (Å²) < 4.78 is 12.2. The van der Waals surface area contributed by atoms with Crippen LogP contribution in [0.5, 0.6) is 0 Å². The van der Waals surface area contributed by atoms with Gasteiger partial charge >= 0.3 is 5.97 Å². The summed E-state index contributed by atoms with van der Waals surface area (Å²) in [5, 5.41) is 24.1. The normalized spacial score (nSPS) is 46.0. The van der Waals surface area contributed by atoms with Gasteiger partial charge in [0.25, 0.3) is 5.91 Å². The molecule has 230 valence electrons. The number of ketones is 2.